The second-order valence-corrected chi connectivity index (χ2v) is 6.78. The number of likely N-dealkylation sites (N-methyl/N-ethyl adjacent to an activating group) is 1. The molecule has 6 heteroatoms. The minimum Gasteiger partial charge on any atom is -0.358 e. The standard InChI is InChI=1S/C20H24N4O2/c1-12-17(11-15-14-7-5-6-8-16(14)23-19(15)25)22-13(2)18(12)20(26)21-9-10-24(3)4/h5-8,11,22H,9-10H2,1-4H3,(H,21,26)(H,23,25). The van der Waals surface area contributed by atoms with Crippen molar-refractivity contribution in [3.05, 3.63) is 52.3 Å². The molecule has 6 nitrogen and oxygen atoms in total. The van der Waals surface area contributed by atoms with Crippen molar-refractivity contribution in [2.75, 3.05) is 32.5 Å². The lowest BCUT2D eigenvalue weighted by atomic mass is 10.0. The highest BCUT2D eigenvalue weighted by Gasteiger charge is 2.25. The van der Waals surface area contributed by atoms with Crippen LogP contribution in [0.4, 0.5) is 5.69 Å². The molecule has 136 valence electrons. The maximum absolute atomic E-state index is 12.5. The van der Waals surface area contributed by atoms with E-state index in [9.17, 15) is 9.59 Å². The van der Waals surface area contributed by atoms with Crippen LogP contribution in [0.1, 0.15) is 32.9 Å². The third-order valence-corrected chi connectivity index (χ3v) is 4.55. The van der Waals surface area contributed by atoms with Crippen LogP contribution < -0.4 is 10.6 Å². The van der Waals surface area contributed by atoms with Crippen molar-refractivity contribution in [2.24, 2.45) is 0 Å². The first-order chi connectivity index (χ1) is 12.4. The molecule has 1 aliphatic rings. The maximum Gasteiger partial charge on any atom is 0.256 e. The van der Waals surface area contributed by atoms with Crippen LogP contribution in [0, 0.1) is 13.8 Å². The lowest BCUT2D eigenvalue weighted by Crippen LogP contribution is -2.31. The number of aryl methyl sites for hydroxylation is 1. The average Bonchev–Trinajstić information content (AvgIpc) is 3.04. The Morgan fingerprint density at radius 1 is 1.23 bits per heavy atom. The Morgan fingerprint density at radius 3 is 2.69 bits per heavy atom. The van der Waals surface area contributed by atoms with E-state index in [0.29, 0.717) is 17.7 Å². The summed E-state index contributed by atoms with van der Waals surface area (Å²) >= 11 is 0. The number of aromatic amines is 1. The number of nitrogens with zero attached hydrogens (tertiary/aromatic N) is 1. The minimum atomic E-state index is -0.130. The lowest BCUT2D eigenvalue weighted by Gasteiger charge is -2.10. The van der Waals surface area contributed by atoms with Crippen molar-refractivity contribution >= 4 is 29.2 Å². The number of benzene rings is 1. The number of anilines is 1. The normalized spacial score (nSPS) is 14.7. The zero-order valence-corrected chi connectivity index (χ0v) is 15.6. The first-order valence-electron chi connectivity index (χ1n) is 8.63. The fourth-order valence-electron chi connectivity index (χ4n) is 3.17. The number of carbonyl (C=O) groups excluding carboxylic acids is 2. The number of hydrogen-bond donors (Lipinski definition) is 3. The van der Waals surface area contributed by atoms with E-state index in [0.717, 1.165) is 34.7 Å². The first-order valence-corrected chi connectivity index (χ1v) is 8.63. The van der Waals surface area contributed by atoms with Gasteiger partial charge in [0.2, 0.25) is 0 Å². The molecule has 0 unspecified atom stereocenters. The van der Waals surface area contributed by atoms with E-state index in [-0.39, 0.29) is 11.8 Å². The second-order valence-electron chi connectivity index (χ2n) is 6.78. The van der Waals surface area contributed by atoms with Gasteiger partial charge in [0.05, 0.1) is 11.1 Å². The van der Waals surface area contributed by atoms with Crippen LogP contribution in [-0.4, -0.2) is 48.9 Å². The van der Waals surface area contributed by atoms with Gasteiger partial charge in [0.25, 0.3) is 11.8 Å². The molecule has 0 atom stereocenters. The van der Waals surface area contributed by atoms with Crippen molar-refractivity contribution in [1.29, 1.82) is 0 Å². The van der Waals surface area contributed by atoms with E-state index in [1.165, 1.54) is 0 Å². The predicted octanol–water partition coefficient (Wildman–Crippen LogP) is 2.42. The number of H-pyrrole nitrogens is 1. The molecule has 0 fully saturated rings. The largest absolute Gasteiger partial charge is 0.358 e. The molecule has 26 heavy (non-hydrogen) atoms. The van der Waals surface area contributed by atoms with Crippen LogP contribution in [0.2, 0.25) is 0 Å². The summed E-state index contributed by atoms with van der Waals surface area (Å²) in [4.78, 5) is 30.1. The summed E-state index contributed by atoms with van der Waals surface area (Å²) in [6.07, 6.45) is 1.82. The summed E-state index contributed by atoms with van der Waals surface area (Å²) in [5, 5.41) is 5.81. The molecule has 1 aromatic carbocycles. The molecular weight excluding hydrogens is 328 g/mol. The number of fused-ring (bicyclic) bond motifs is 1. The molecule has 2 amide bonds. The highest BCUT2D eigenvalue weighted by Crippen LogP contribution is 2.33. The highest BCUT2D eigenvalue weighted by molar-refractivity contribution is 6.34. The number of rotatable bonds is 5. The van der Waals surface area contributed by atoms with E-state index >= 15 is 0 Å². The predicted molar refractivity (Wildman–Crippen MR) is 104 cm³/mol. The molecule has 0 radical (unpaired) electrons. The van der Waals surface area contributed by atoms with Gasteiger partial charge >= 0.3 is 0 Å². The van der Waals surface area contributed by atoms with Crippen LogP contribution in [0.5, 0.6) is 0 Å². The Kier molecular flexibility index (Phi) is 4.95. The van der Waals surface area contributed by atoms with Crippen molar-refractivity contribution in [3.63, 3.8) is 0 Å². The molecule has 1 aromatic heterocycles. The molecule has 0 saturated heterocycles. The van der Waals surface area contributed by atoms with E-state index in [1.54, 1.807) is 0 Å². The smallest absolute Gasteiger partial charge is 0.256 e. The van der Waals surface area contributed by atoms with Gasteiger partial charge in [-0.2, -0.15) is 0 Å². The zero-order chi connectivity index (χ0) is 18.8. The number of nitrogens with one attached hydrogen (secondary N) is 3. The SMILES string of the molecule is Cc1[nH]c(C=C2C(=O)Nc3ccccc32)c(C)c1C(=O)NCCN(C)C. The molecule has 0 spiro atoms. The third kappa shape index (κ3) is 3.41. The lowest BCUT2D eigenvalue weighted by molar-refractivity contribution is -0.110. The molecule has 0 bridgehead atoms. The van der Waals surface area contributed by atoms with Crippen LogP contribution in [0.3, 0.4) is 0 Å². The molecule has 3 N–H and O–H groups in total. The number of hydrogen-bond acceptors (Lipinski definition) is 3. The van der Waals surface area contributed by atoms with Crippen molar-refractivity contribution in [1.82, 2.24) is 15.2 Å². The summed E-state index contributed by atoms with van der Waals surface area (Å²) < 4.78 is 0. The van der Waals surface area contributed by atoms with Gasteiger partial charge in [0, 0.05) is 35.7 Å². The molecular formula is C20H24N4O2. The highest BCUT2D eigenvalue weighted by atomic mass is 16.2. The number of para-hydroxylation sites is 1. The summed E-state index contributed by atoms with van der Waals surface area (Å²) in [5.41, 5.74) is 5.35. The van der Waals surface area contributed by atoms with E-state index < -0.39 is 0 Å². The third-order valence-electron chi connectivity index (χ3n) is 4.55. The quantitative estimate of drug-likeness (QED) is 0.723. The Hall–Kier alpha value is -2.86. The van der Waals surface area contributed by atoms with Gasteiger partial charge in [-0.1, -0.05) is 18.2 Å². The van der Waals surface area contributed by atoms with Gasteiger partial charge in [-0.25, -0.2) is 0 Å². The van der Waals surface area contributed by atoms with Crippen LogP contribution >= 0.6 is 0 Å². The van der Waals surface area contributed by atoms with Crippen LogP contribution in [0.15, 0.2) is 24.3 Å². The van der Waals surface area contributed by atoms with Crippen molar-refractivity contribution < 1.29 is 9.59 Å². The Balaban J connectivity index is 1.89. The first kappa shape index (κ1) is 17.9. The summed E-state index contributed by atoms with van der Waals surface area (Å²) in [7, 11) is 3.93. The van der Waals surface area contributed by atoms with Gasteiger partial charge in [-0.05, 0) is 45.6 Å². The average molecular weight is 352 g/mol. The Morgan fingerprint density at radius 2 is 1.96 bits per heavy atom. The summed E-state index contributed by atoms with van der Waals surface area (Å²) in [6, 6.07) is 7.59. The summed E-state index contributed by atoms with van der Waals surface area (Å²) in [5.74, 6) is -0.228. The Bertz CT molecular complexity index is 893. The second kappa shape index (κ2) is 7.17. The van der Waals surface area contributed by atoms with E-state index in [1.807, 2.05) is 63.2 Å². The van der Waals surface area contributed by atoms with E-state index in [4.69, 9.17) is 0 Å². The van der Waals surface area contributed by atoms with Crippen LogP contribution in [-0.2, 0) is 4.79 Å². The molecule has 0 aliphatic carbocycles. The Labute approximate surface area is 153 Å². The van der Waals surface area contributed by atoms with E-state index in [2.05, 4.69) is 15.6 Å². The molecule has 3 rings (SSSR count). The van der Waals surface area contributed by atoms with Crippen molar-refractivity contribution in [3.8, 4) is 0 Å². The molecule has 1 aliphatic heterocycles. The molecule has 2 aromatic rings. The topological polar surface area (TPSA) is 77.2 Å². The van der Waals surface area contributed by atoms with Gasteiger partial charge in [0.15, 0.2) is 0 Å². The number of amides is 2. The summed E-state index contributed by atoms with van der Waals surface area (Å²) in [6.45, 7) is 5.14. The number of carbonyl (C=O) groups is 2. The molecule has 0 saturated carbocycles. The zero-order valence-electron chi connectivity index (χ0n) is 15.6. The maximum atomic E-state index is 12.5. The van der Waals surface area contributed by atoms with Crippen LogP contribution in [0.25, 0.3) is 11.6 Å². The molecule has 2 heterocycles. The van der Waals surface area contributed by atoms with Gasteiger partial charge in [0.1, 0.15) is 0 Å². The van der Waals surface area contributed by atoms with Gasteiger partial charge < -0.3 is 20.5 Å². The van der Waals surface area contributed by atoms with Gasteiger partial charge in [-0.15, -0.1) is 0 Å². The fourth-order valence-corrected chi connectivity index (χ4v) is 3.17. The number of aromatic nitrogens is 1. The van der Waals surface area contributed by atoms with Gasteiger partial charge in [-0.3, -0.25) is 9.59 Å². The minimum absolute atomic E-state index is 0.0981. The fraction of sp³-hybridized carbons (Fsp3) is 0.300. The monoisotopic (exact) mass is 352 g/mol. The van der Waals surface area contributed by atoms with Crippen molar-refractivity contribution in [2.45, 2.75) is 13.8 Å².